The Bertz CT molecular complexity index is 637. The van der Waals surface area contributed by atoms with Crippen LogP contribution in [0, 0.1) is 0 Å². The summed E-state index contributed by atoms with van der Waals surface area (Å²) in [6, 6.07) is 5.49. The summed E-state index contributed by atoms with van der Waals surface area (Å²) in [5.41, 5.74) is -0.679. The summed E-state index contributed by atoms with van der Waals surface area (Å²) in [5, 5.41) is 16.7. The Kier molecular flexibility index (Phi) is 10.4. The maximum Gasteiger partial charge on any atom is 0.416 e. The summed E-state index contributed by atoms with van der Waals surface area (Å²) in [5.74, 6) is 2.25. The van der Waals surface area contributed by atoms with Gasteiger partial charge in [-0.2, -0.15) is 24.9 Å². The molecule has 0 radical (unpaired) electrons. The molecule has 1 fully saturated rings. The van der Waals surface area contributed by atoms with Crippen LogP contribution < -0.4 is 10.6 Å². The van der Waals surface area contributed by atoms with Gasteiger partial charge in [-0.15, -0.1) is 24.0 Å². The quantitative estimate of drug-likeness (QED) is 0.280. The molecule has 2 rings (SSSR count). The summed E-state index contributed by atoms with van der Waals surface area (Å²) in [4.78, 5) is 4.47. The molecule has 2 atom stereocenters. The zero-order chi connectivity index (χ0) is 19.9. The molecule has 160 valence electrons. The van der Waals surface area contributed by atoms with Crippen molar-refractivity contribution in [3.05, 3.63) is 35.4 Å². The van der Waals surface area contributed by atoms with Gasteiger partial charge in [0.1, 0.15) is 0 Å². The molecule has 1 saturated heterocycles. The van der Waals surface area contributed by atoms with Gasteiger partial charge in [0.15, 0.2) is 5.96 Å². The number of aliphatic hydroxyl groups is 1. The topological polar surface area (TPSA) is 56.7 Å². The molecule has 1 heterocycles. The fourth-order valence-corrected chi connectivity index (χ4v) is 4.17. The van der Waals surface area contributed by atoms with Gasteiger partial charge in [-0.1, -0.05) is 25.1 Å². The van der Waals surface area contributed by atoms with E-state index < -0.39 is 17.3 Å². The standard InChI is InChI=1S/C19H28F3N3OS.HI/c1-3-23-17(25-12-18(26)8-10-27-13-18)24-9-7-14(2)15-5-4-6-16(11-15)19(20,21)22;/h4-6,11,14,26H,3,7-10,12-13H2,1-2H3,(H2,23,24,25);1H. The van der Waals surface area contributed by atoms with Gasteiger partial charge in [0, 0.05) is 18.8 Å². The van der Waals surface area contributed by atoms with E-state index in [1.807, 2.05) is 13.8 Å². The second-order valence-corrected chi connectivity index (χ2v) is 8.07. The highest BCUT2D eigenvalue weighted by atomic mass is 127. The lowest BCUT2D eigenvalue weighted by Crippen LogP contribution is -2.40. The molecule has 1 aromatic carbocycles. The SMILES string of the molecule is CCNC(=NCC1(O)CCSC1)NCCC(C)c1cccc(C(F)(F)F)c1.I. The minimum atomic E-state index is -4.32. The molecule has 0 amide bonds. The molecule has 0 aliphatic carbocycles. The number of nitrogens with zero attached hydrogens (tertiary/aromatic N) is 1. The highest BCUT2D eigenvalue weighted by molar-refractivity contribution is 14.0. The number of aliphatic imine (C=N–C) groups is 1. The summed E-state index contributed by atoms with van der Waals surface area (Å²) >= 11 is 1.73. The van der Waals surface area contributed by atoms with Crippen molar-refractivity contribution in [3.63, 3.8) is 0 Å². The number of hydrogen-bond acceptors (Lipinski definition) is 3. The predicted molar refractivity (Wildman–Crippen MR) is 121 cm³/mol. The number of thioether (sulfide) groups is 1. The van der Waals surface area contributed by atoms with E-state index in [1.54, 1.807) is 17.8 Å². The summed E-state index contributed by atoms with van der Waals surface area (Å²) in [7, 11) is 0. The van der Waals surface area contributed by atoms with Gasteiger partial charge >= 0.3 is 6.18 Å². The fourth-order valence-electron chi connectivity index (χ4n) is 2.88. The van der Waals surface area contributed by atoms with Crippen LogP contribution in [-0.4, -0.2) is 47.8 Å². The van der Waals surface area contributed by atoms with Crippen molar-refractivity contribution >= 4 is 41.7 Å². The Hall–Kier alpha value is -0.680. The van der Waals surface area contributed by atoms with Crippen molar-refractivity contribution in [1.29, 1.82) is 0 Å². The Balaban J connectivity index is 0.00000392. The van der Waals surface area contributed by atoms with Crippen molar-refractivity contribution in [1.82, 2.24) is 10.6 Å². The van der Waals surface area contributed by atoms with Crippen LogP contribution in [0.3, 0.4) is 0 Å². The van der Waals surface area contributed by atoms with Crippen LogP contribution in [0.1, 0.15) is 43.7 Å². The van der Waals surface area contributed by atoms with Crippen molar-refractivity contribution in [2.45, 2.75) is 44.4 Å². The summed E-state index contributed by atoms with van der Waals surface area (Å²) in [6.45, 7) is 5.50. The first-order valence-electron chi connectivity index (χ1n) is 9.23. The minimum absolute atomic E-state index is 0. The third-order valence-electron chi connectivity index (χ3n) is 4.61. The third-order valence-corrected chi connectivity index (χ3v) is 5.85. The van der Waals surface area contributed by atoms with E-state index in [0.29, 0.717) is 43.3 Å². The molecule has 3 N–H and O–H groups in total. The van der Waals surface area contributed by atoms with E-state index in [4.69, 9.17) is 0 Å². The molecule has 0 saturated carbocycles. The van der Waals surface area contributed by atoms with Crippen LogP contribution in [0.5, 0.6) is 0 Å². The minimum Gasteiger partial charge on any atom is -0.387 e. The summed E-state index contributed by atoms with van der Waals surface area (Å²) in [6.07, 6.45) is -2.91. The second kappa shape index (κ2) is 11.5. The lowest BCUT2D eigenvalue weighted by atomic mass is 9.96. The maximum atomic E-state index is 12.9. The first kappa shape index (κ1) is 25.4. The average Bonchev–Trinajstić information content (AvgIpc) is 3.06. The Morgan fingerprint density at radius 3 is 2.71 bits per heavy atom. The van der Waals surface area contributed by atoms with Crippen LogP contribution in [-0.2, 0) is 6.18 Å². The van der Waals surface area contributed by atoms with Crippen LogP contribution in [0.4, 0.5) is 13.2 Å². The van der Waals surface area contributed by atoms with E-state index in [2.05, 4.69) is 15.6 Å². The Morgan fingerprint density at radius 1 is 1.36 bits per heavy atom. The van der Waals surface area contributed by atoms with E-state index >= 15 is 0 Å². The number of halogens is 4. The second-order valence-electron chi connectivity index (χ2n) is 6.96. The third kappa shape index (κ3) is 7.98. The number of hydrogen-bond donors (Lipinski definition) is 3. The van der Waals surface area contributed by atoms with E-state index in [-0.39, 0.29) is 29.9 Å². The monoisotopic (exact) mass is 531 g/mol. The molecule has 0 bridgehead atoms. The molecule has 28 heavy (non-hydrogen) atoms. The average molecular weight is 531 g/mol. The van der Waals surface area contributed by atoms with Crippen LogP contribution in [0.2, 0.25) is 0 Å². The Morgan fingerprint density at radius 2 is 2.11 bits per heavy atom. The fraction of sp³-hybridized carbons (Fsp3) is 0.632. The molecular weight excluding hydrogens is 502 g/mol. The van der Waals surface area contributed by atoms with Gasteiger partial charge < -0.3 is 15.7 Å². The lowest BCUT2D eigenvalue weighted by Gasteiger charge is -2.20. The number of nitrogens with one attached hydrogen (secondary N) is 2. The molecule has 4 nitrogen and oxygen atoms in total. The zero-order valence-electron chi connectivity index (χ0n) is 16.2. The van der Waals surface area contributed by atoms with Crippen LogP contribution in [0.15, 0.2) is 29.3 Å². The normalized spacial score (nSPS) is 21.1. The smallest absolute Gasteiger partial charge is 0.387 e. The van der Waals surface area contributed by atoms with Crippen molar-refractivity contribution in [2.24, 2.45) is 4.99 Å². The number of benzene rings is 1. The summed E-state index contributed by atoms with van der Waals surface area (Å²) < 4.78 is 38.6. The van der Waals surface area contributed by atoms with E-state index in [0.717, 1.165) is 18.2 Å². The van der Waals surface area contributed by atoms with Gasteiger partial charge in [0.05, 0.1) is 17.7 Å². The lowest BCUT2D eigenvalue weighted by molar-refractivity contribution is -0.137. The highest BCUT2D eigenvalue weighted by Gasteiger charge is 2.32. The molecule has 1 aliphatic rings. The van der Waals surface area contributed by atoms with Crippen molar-refractivity contribution in [3.8, 4) is 0 Å². The first-order chi connectivity index (χ1) is 12.7. The molecule has 1 aliphatic heterocycles. The zero-order valence-corrected chi connectivity index (χ0v) is 19.3. The molecular formula is C19H29F3IN3OS. The highest BCUT2D eigenvalue weighted by Crippen LogP contribution is 2.31. The molecule has 2 unspecified atom stereocenters. The predicted octanol–water partition coefficient (Wildman–Crippen LogP) is 4.24. The van der Waals surface area contributed by atoms with Crippen LogP contribution in [0.25, 0.3) is 0 Å². The van der Waals surface area contributed by atoms with E-state index in [1.165, 1.54) is 12.1 Å². The number of alkyl halides is 3. The molecule has 1 aromatic rings. The number of guanidine groups is 1. The van der Waals surface area contributed by atoms with E-state index in [9.17, 15) is 18.3 Å². The molecule has 9 heteroatoms. The van der Waals surface area contributed by atoms with Gasteiger partial charge in [-0.05, 0) is 43.1 Å². The van der Waals surface area contributed by atoms with Crippen LogP contribution >= 0.6 is 35.7 Å². The molecule has 0 aromatic heterocycles. The first-order valence-corrected chi connectivity index (χ1v) is 10.4. The number of rotatable bonds is 7. The molecule has 0 spiro atoms. The van der Waals surface area contributed by atoms with Crippen molar-refractivity contribution in [2.75, 3.05) is 31.1 Å². The largest absolute Gasteiger partial charge is 0.416 e. The van der Waals surface area contributed by atoms with Gasteiger partial charge in [0.25, 0.3) is 0 Å². The van der Waals surface area contributed by atoms with Crippen molar-refractivity contribution < 1.29 is 18.3 Å². The maximum absolute atomic E-state index is 12.9. The Labute approximate surface area is 186 Å². The van der Waals surface area contributed by atoms with Gasteiger partial charge in [-0.25, -0.2) is 0 Å². The van der Waals surface area contributed by atoms with Gasteiger partial charge in [-0.3, -0.25) is 4.99 Å². The van der Waals surface area contributed by atoms with Gasteiger partial charge in [0.2, 0.25) is 0 Å².